The lowest BCUT2D eigenvalue weighted by Gasteiger charge is -2.13. The van der Waals surface area contributed by atoms with Gasteiger partial charge in [0.25, 0.3) is 0 Å². The fourth-order valence-corrected chi connectivity index (χ4v) is 1.97. The minimum absolute atomic E-state index is 0.635. The van der Waals surface area contributed by atoms with Gasteiger partial charge in [0, 0.05) is 12.2 Å². The van der Waals surface area contributed by atoms with Crippen LogP contribution in [0.1, 0.15) is 19.4 Å². The van der Waals surface area contributed by atoms with Crippen LogP contribution in [-0.2, 0) is 6.54 Å². The van der Waals surface area contributed by atoms with E-state index in [1.165, 1.54) is 5.56 Å². The third-order valence-corrected chi connectivity index (χ3v) is 2.88. The number of hydrogen-bond donors (Lipinski definition) is 1. The molecule has 3 heteroatoms. The molecule has 0 atom stereocenters. The van der Waals surface area contributed by atoms with E-state index >= 15 is 0 Å². The largest absolute Gasteiger partial charge is 0.490 e. The Morgan fingerprint density at radius 2 is 1.55 bits per heavy atom. The van der Waals surface area contributed by atoms with Gasteiger partial charge in [-0.3, -0.25) is 0 Å². The number of anilines is 1. The average molecular weight is 271 g/mol. The molecule has 0 saturated heterocycles. The first-order valence-electron chi connectivity index (χ1n) is 7.01. The van der Waals surface area contributed by atoms with E-state index in [2.05, 4.69) is 23.5 Å². The molecule has 0 unspecified atom stereocenters. The van der Waals surface area contributed by atoms with Crippen molar-refractivity contribution >= 4 is 5.69 Å². The van der Waals surface area contributed by atoms with Gasteiger partial charge < -0.3 is 14.8 Å². The van der Waals surface area contributed by atoms with Crippen LogP contribution in [0.3, 0.4) is 0 Å². The van der Waals surface area contributed by atoms with Crippen molar-refractivity contribution in [3.63, 3.8) is 0 Å². The monoisotopic (exact) mass is 271 g/mol. The van der Waals surface area contributed by atoms with Crippen LogP contribution in [0.5, 0.6) is 11.5 Å². The van der Waals surface area contributed by atoms with E-state index in [1.807, 2.05) is 44.2 Å². The van der Waals surface area contributed by atoms with Crippen LogP contribution in [-0.4, -0.2) is 13.2 Å². The number of para-hydroxylation sites is 1. The zero-order valence-electron chi connectivity index (χ0n) is 12.1. The standard InChI is InChI=1S/C17H21NO2/c1-3-19-16-11-10-14(12-17(16)20-4-2)13-18-15-8-6-5-7-9-15/h5-12,18H,3-4,13H2,1-2H3. The molecule has 0 amide bonds. The van der Waals surface area contributed by atoms with Crippen molar-refractivity contribution in [2.45, 2.75) is 20.4 Å². The van der Waals surface area contributed by atoms with Gasteiger partial charge in [0.2, 0.25) is 0 Å². The molecule has 106 valence electrons. The summed E-state index contributed by atoms with van der Waals surface area (Å²) in [5, 5.41) is 3.39. The third-order valence-electron chi connectivity index (χ3n) is 2.88. The van der Waals surface area contributed by atoms with Gasteiger partial charge in [-0.15, -0.1) is 0 Å². The highest BCUT2D eigenvalue weighted by Crippen LogP contribution is 2.28. The van der Waals surface area contributed by atoms with Crippen molar-refractivity contribution < 1.29 is 9.47 Å². The summed E-state index contributed by atoms with van der Waals surface area (Å²) in [5.41, 5.74) is 2.28. The molecule has 3 nitrogen and oxygen atoms in total. The molecule has 0 aromatic heterocycles. The molecule has 0 bridgehead atoms. The van der Waals surface area contributed by atoms with Gasteiger partial charge in [-0.25, -0.2) is 0 Å². The van der Waals surface area contributed by atoms with Gasteiger partial charge in [0.15, 0.2) is 11.5 Å². The van der Waals surface area contributed by atoms with Crippen LogP contribution in [0.2, 0.25) is 0 Å². The Balaban J connectivity index is 2.06. The van der Waals surface area contributed by atoms with E-state index in [1.54, 1.807) is 0 Å². The van der Waals surface area contributed by atoms with Crippen molar-refractivity contribution in [1.82, 2.24) is 0 Å². The van der Waals surface area contributed by atoms with E-state index in [0.29, 0.717) is 13.2 Å². The fraction of sp³-hybridized carbons (Fsp3) is 0.294. The van der Waals surface area contributed by atoms with Crippen LogP contribution in [0, 0.1) is 0 Å². The minimum atomic E-state index is 0.635. The molecule has 0 aliphatic heterocycles. The highest BCUT2D eigenvalue weighted by molar-refractivity contribution is 5.46. The van der Waals surface area contributed by atoms with Crippen molar-refractivity contribution in [2.75, 3.05) is 18.5 Å². The first-order valence-corrected chi connectivity index (χ1v) is 7.01. The van der Waals surface area contributed by atoms with Gasteiger partial charge in [-0.2, -0.15) is 0 Å². The second-order valence-corrected chi connectivity index (χ2v) is 4.37. The Morgan fingerprint density at radius 1 is 0.850 bits per heavy atom. The summed E-state index contributed by atoms with van der Waals surface area (Å²) in [6.45, 7) is 5.99. The Morgan fingerprint density at radius 3 is 2.25 bits per heavy atom. The molecule has 0 radical (unpaired) electrons. The van der Waals surface area contributed by atoms with E-state index in [4.69, 9.17) is 9.47 Å². The fourth-order valence-electron chi connectivity index (χ4n) is 1.97. The highest BCUT2D eigenvalue weighted by atomic mass is 16.5. The molecule has 0 aliphatic carbocycles. The van der Waals surface area contributed by atoms with Crippen molar-refractivity contribution in [3.05, 3.63) is 54.1 Å². The molecule has 0 saturated carbocycles. The SMILES string of the molecule is CCOc1ccc(CNc2ccccc2)cc1OCC. The summed E-state index contributed by atoms with van der Waals surface area (Å²) in [5.74, 6) is 1.61. The van der Waals surface area contributed by atoms with E-state index < -0.39 is 0 Å². The predicted molar refractivity (Wildman–Crippen MR) is 82.5 cm³/mol. The van der Waals surface area contributed by atoms with Gasteiger partial charge in [0.1, 0.15) is 0 Å². The minimum Gasteiger partial charge on any atom is -0.490 e. The molecule has 0 heterocycles. The number of nitrogens with one attached hydrogen (secondary N) is 1. The number of ether oxygens (including phenoxy) is 2. The maximum Gasteiger partial charge on any atom is 0.161 e. The maximum absolute atomic E-state index is 5.63. The van der Waals surface area contributed by atoms with Crippen LogP contribution >= 0.6 is 0 Å². The molecule has 1 N–H and O–H groups in total. The van der Waals surface area contributed by atoms with Gasteiger partial charge in [0.05, 0.1) is 13.2 Å². The van der Waals surface area contributed by atoms with Crippen LogP contribution in [0.15, 0.2) is 48.5 Å². The molecule has 2 aromatic rings. The lowest BCUT2D eigenvalue weighted by atomic mass is 10.2. The van der Waals surface area contributed by atoms with Gasteiger partial charge in [-0.05, 0) is 43.7 Å². The number of hydrogen-bond acceptors (Lipinski definition) is 3. The third kappa shape index (κ3) is 3.92. The molecule has 0 spiro atoms. The molecular weight excluding hydrogens is 250 g/mol. The van der Waals surface area contributed by atoms with E-state index in [0.717, 1.165) is 23.7 Å². The molecule has 0 fully saturated rings. The molecule has 20 heavy (non-hydrogen) atoms. The van der Waals surface area contributed by atoms with E-state index in [9.17, 15) is 0 Å². The quantitative estimate of drug-likeness (QED) is 0.822. The summed E-state index contributed by atoms with van der Waals surface area (Å²) < 4.78 is 11.2. The Kier molecular flexibility index (Phi) is 5.30. The first-order chi connectivity index (χ1) is 9.83. The summed E-state index contributed by atoms with van der Waals surface area (Å²) in [7, 11) is 0. The van der Waals surface area contributed by atoms with Crippen molar-refractivity contribution in [3.8, 4) is 11.5 Å². The van der Waals surface area contributed by atoms with Gasteiger partial charge in [-0.1, -0.05) is 24.3 Å². The van der Waals surface area contributed by atoms with E-state index in [-0.39, 0.29) is 0 Å². The smallest absolute Gasteiger partial charge is 0.161 e. The second-order valence-electron chi connectivity index (χ2n) is 4.37. The van der Waals surface area contributed by atoms with Crippen LogP contribution in [0.25, 0.3) is 0 Å². The normalized spacial score (nSPS) is 10.1. The Bertz CT molecular complexity index is 526. The Hall–Kier alpha value is -2.16. The van der Waals surface area contributed by atoms with Crippen molar-refractivity contribution in [1.29, 1.82) is 0 Å². The topological polar surface area (TPSA) is 30.5 Å². The zero-order valence-corrected chi connectivity index (χ0v) is 12.1. The number of rotatable bonds is 7. The highest BCUT2D eigenvalue weighted by Gasteiger charge is 2.06. The molecule has 2 aromatic carbocycles. The average Bonchev–Trinajstić information content (AvgIpc) is 2.49. The Labute approximate surface area is 120 Å². The lowest BCUT2D eigenvalue weighted by molar-refractivity contribution is 0.287. The maximum atomic E-state index is 5.63. The summed E-state index contributed by atoms with van der Waals surface area (Å²) in [4.78, 5) is 0. The molecule has 2 rings (SSSR count). The zero-order chi connectivity index (χ0) is 14.2. The predicted octanol–water partition coefficient (Wildman–Crippen LogP) is 4.10. The van der Waals surface area contributed by atoms with Gasteiger partial charge >= 0.3 is 0 Å². The summed E-state index contributed by atoms with van der Waals surface area (Å²) in [6.07, 6.45) is 0. The second kappa shape index (κ2) is 7.43. The van der Waals surface area contributed by atoms with Crippen LogP contribution < -0.4 is 14.8 Å². The van der Waals surface area contributed by atoms with Crippen LogP contribution in [0.4, 0.5) is 5.69 Å². The number of benzene rings is 2. The molecular formula is C17H21NO2. The van der Waals surface area contributed by atoms with Crippen molar-refractivity contribution in [2.24, 2.45) is 0 Å². The molecule has 0 aliphatic rings. The summed E-state index contributed by atoms with van der Waals surface area (Å²) >= 11 is 0. The summed E-state index contributed by atoms with van der Waals surface area (Å²) in [6, 6.07) is 16.2. The first kappa shape index (κ1) is 14.3. The lowest BCUT2D eigenvalue weighted by Crippen LogP contribution is -2.02.